The number of nitrogens with zero attached hydrogens (tertiary/aromatic N) is 5. The van der Waals surface area contributed by atoms with Gasteiger partial charge in [-0.2, -0.15) is 0 Å². The lowest BCUT2D eigenvalue weighted by atomic mass is 10.1. The first kappa shape index (κ1) is 15.4. The van der Waals surface area contributed by atoms with Crippen molar-refractivity contribution in [3.05, 3.63) is 40.7 Å². The number of hydrogen-bond donors (Lipinski definition) is 1. The van der Waals surface area contributed by atoms with Crippen LogP contribution in [0.4, 0.5) is 5.00 Å². The zero-order valence-corrected chi connectivity index (χ0v) is 13.0. The molecule has 1 unspecified atom stereocenters. The predicted molar refractivity (Wildman–Crippen MR) is 85.8 cm³/mol. The molecule has 2 aromatic rings. The number of anilines is 1. The SMILES string of the molecule is [N-]=[N+]=NCc1nc(-c2cccnc2)sc1NC(=O)C1CCOC1. The predicted octanol–water partition coefficient (Wildman–Crippen LogP) is 2.99. The molecule has 3 heterocycles. The Morgan fingerprint density at radius 1 is 1.61 bits per heavy atom. The third kappa shape index (κ3) is 3.65. The summed E-state index contributed by atoms with van der Waals surface area (Å²) in [5.41, 5.74) is 9.92. The number of carbonyl (C=O) groups excluding carboxylic acids is 1. The maximum absolute atomic E-state index is 12.3. The zero-order valence-electron chi connectivity index (χ0n) is 12.2. The fraction of sp³-hybridized carbons (Fsp3) is 0.357. The van der Waals surface area contributed by atoms with Crippen LogP contribution < -0.4 is 5.32 Å². The van der Waals surface area contributed by atoms with E-state index in [1.807, 2.05) is 12.1 Å². The van der Waals surface area contributed by atoms with Gasteiger partial charge in [-0.05, 0) is 24.1 Å². The number of amides is 1. The standard InChI is InChI=1S/C14H14N6O2S/c15-20-17-7-11-14(19-12(21)10-3-5-22-8-10)23-13(18-11)9-2-1-4-16-6-9/h1-2,4,6,10H,3,5,7-8H2,(H,19,21). The van der Waals surface area contributed by atoms with Gasteiger partial charge in [-0.25, -0.2) is 4.98 Å². The van der Waals surface area contributed by atoms with E-state index in [1.165, 1.54) is 11.3 Å². The van der Waals surface area contributed by atoms with Crippen molar-refractivity contribution in [3.63, 3.8) is 0 Å². The molecule has 3 rings (SSSR count). The molecule has 8 nitrogen and oxygen atoms in total. The molecule has 2 aromatic heterocycles. The minimum atomic E-state index is -0.147. The van der Waals surface area contributed by atoms with Crippen LogP contribution in [0.15, 0.2) is 29.6 Å². The van der Waals surface area contributed by atoms with Crippen LogP contribution in [0.25, 0.3) is 21.0 Å². The highest BCUT2D eigenvalue weighted by Gasteiger charge is 2.25. The molecular weight excluding hydrogens is 316 g/mol. The third-order valence-corrected chi connectivity index (χ3v) is 4.49. The molecule has 0 aliphatic carbocycles. The molecule has 0 aromatic carbocycles. The minimum Gasteiger partial charge on any atom is -0.381 e. The van der Waals surface area contributed by atoms with E-state index in [4.69, 9.17) is 10.3 Å². The van der Waals surface area contributed by atoms with Crippen molar-refractivity contribution in [1.82, 2.24) is 9.97 Å². The van der Waals surface area contributed by atoms with E-state index >= 15 is 0 Å². The first-order chi connectivity index (χ1) is 11.3. The maximum Gasteiger partial charge on any atom is 0.230 e. The zero-order chi connectivity index (χ0) is 16.1. The Kier molecular flexibility index (Phi) is 4.82. The molecule has 0 spiro atoms. The average molecular weight is 330 g/mol. The quantitative estimate of drug-likeness (QED) is 0.515. The summed E-state index contributed by atoms with van der Waals surface area (Å²) < 4.78 is 5.24. The van der Waals surface area contributed by atoms with Gasteiger partial charge >= 0.3 is 0 Å². The van der Waals surface area contributed by atoms with Crippen LogP contribution in [0.2, 0.25) is 0 Å². The lowest BCUT2D eigenvalue weighted by Gasteiger charge is -2.08. The molecule has 1 aliphatic heterocycles. The number of rotatable bonds is 5. The van der Waals surface area contributed by atoms with Crippen LogP contribution in [-0.2, 0) is 16.1 Å². The van der Waals surface area contributed by atoms with Crippen molar-refractivity contribution < 1.29 is 9.53 Å². The molecule has 1 amide bonds. The van der Waals surface area contributed by atoms with Gasteiger partial charge in [0.2, 0.25) is 5.91 Å². The lowest BCUT2D eigenvalue weighted by Crippen LogP contribution is -2.22. The second-order valence-corrected chi connectivity index (χ2v) is 5.97. The number of azide groups is 1. The van der Waals surface area contributed by atoms with Crippen molar-refractivity contribution in [3.8, 4) is 10.6 Å². The molecular formula is C14H14N6O2S. The second-order valence-electron chi connectivity index (χ2n) is 4.98. The average Bonchev–Trinajstić information content (AvgIpc) is 3.24. The largest absolute Gasteiger partial charge is 0.381 e. The number of thiazole rings is 1. The number of carbonyl (C=O) groups is 1. The normalized spacial score (nSPS) is 16.8. The first-order valence-electron chi connectivity index (χ1n) is 7.07. The van der Waals surface area contributed by atoms with Gasteiger partial charge in [0.15, 0.2) is 0 Å². The fourth-order valence-electron chi connectivity index (χ4n) is 2.22. The number of aromatic nitrogens is 2. The minimum absolute atomic E-state index is 0.0873. The molecule has 1 fully saturated rings. The summed E-state index contributed by atoms with van der Waals surface area (Å²) in [4.78, 5) is 23.5. The van der Waals surface area contributed by atoms with E-state index in [-0.39, 0.29) is 18.4 Å². The Hall–Kier alpha value is -2.48. The van der Waals surface area contributed by atoms with Gasteiger partial charge in [0, 0.05) is 29.5 Å². The summed E-state index contributed by atoms with van der Waals surface area (Å²) in [6.45, 7) is 1.13. The summed E-state index contributed by atoms with van der Waals surface area (Å²) in [6.07, 6.45) is 4.10. The van der Waals surface area contributed by atoms with E-state index in [9.17, 15) is 4.79 Å². The summed E-state index contributed by atoms with van der Waals surface area (Å²) >= 11 is 1.34. The highest BCUT2D eigenvalue weighted by molar-refractivity contribution is 7.19. The van der Waals surface area contributed by atoms with Crippen LogP contribution in [0.1, 0.15) is 12.1 Å². The van der Waals surface area contributed by atoms with Crippen molar-refractivity contribution in [2.24, 2.45) is 11.0 Å². The van der Waals surface area contributed by atoms with E-state index in [1.54, 1.807) is 12.4 Å². The molecule has 1 aliphatic rings. The second kappa shape index (κ2) is 7.19. The van der Waals surface area contributed by atoms with Gasteiger partial charge in [0.25, 0.3) is 0 Å². The van der Waals surface area contributed by atoms with Crippen molar-refractivity contribution in [2.45, 2.75) is 13.0 Å². The number of pyridine rings is 1. The Bertz CT molecular complexity index is 735. The molecule has 1 atom stereocenters. The summed E-state index contributed by atoms with van der Waals surface area (Å²) in [7, 11) is 0. The molecule has 0 bridgehead atoms. The molecule has 118 valence electrons. The monoisotopic (exact) mass is 330 g/mol. The molecule has 9 heteroatoms. The van der Waals surface area contributed by atoms with E-state index in [0.29, 0.717) is 30.3 Å². The molecule has 1 N–H and O–H groups in total. The molecule has 0 radical (unpaired) electrons. The Balaban J connectivity index is 1.85. The van der Waals surface area contributed by atoms with E-state index in [0.717, 1.165) is 10.6 Å². The number of ether oxygens (including phenoxy) is 1. The van der Waals surface area contributed by atoms with Gasteiger partial charge < -0.3 is 10.1 Å². The summed E-state index contributed by atoms with van der Waals surface area (Å²) in [5.74, 6) is -0.239. The van der Waals surface area contributed by atoms with Crippen LogP contribution >= 0.6 is 11.3 Å². The van der Waals surface area contributed by atoms with E-state index in [2.05, 4.69) is 25.3 Å². The molecule has 23 heavy (non-hydrogen) atoms. The van der Waals surface area contributed by atoms with Crippen LogP contribution in [0, 0.1) is 5.92 Å². The maximum atomic E-state index is 12.3. The molecule has 1 saturated heterocycles. The smallest absolute Gasteiger partial charge is 0.230 e. The van der Waals surface area contributed by atoms with Gasteiger partial charge in [-0.3, -0.25) is 9.78 Å². The third-order valence-electron chi connectivity index (χ3n) is 3.43. The van der Waals surface area contributed by atoms with Gasteiger partial charge in [-0.1, -0.05) is 16.5 Å². The topological polar surface area (TPSA) is 113 Å². The van der Waals surface area contributed by atoms with Crippen LogP contribution in [-0.4, -0.2) is 29.1 Å². The lowest BCUT2D eigenvalue weighted by molar-refractivity contribution is -0.119. The van der Waals surface area contributed by atoms with Crippen LogP contribution in [0.5, 0.6) is 0 Å². The van der Waals surface area contributed by atoms with Crippen molar-refractivity contribution >= 4 is 22.2 Å². The van der Waals surface area contributed by atoms with Gasteiger partial charge in [0.05, 0.1) is 24.8 Å². The summed E-state index contributed by atoms with van der Waals surface area (Å²) in [6, 6.07) is 3.71. The highest BCUT2D eigenvalue weighted by atomic mass is 32.1. The number of nitrogens with one attached hydrogen (secondary N) is 1. The van der Waals surface area contributed by atoms with Crippen molar-refractivity contribution in [2.75, 3.05) is 18.5 Å². The highest BCUT2D eigenvalue weighted by Crippen LogP contribution is 2.33. The van der Waals surface area contributed by atoms with Gasteiger partial charge in [0.1, 0.15) is 10.0 Å². The fourth-order valence-corrected chi connectivity index (χ4v) is 3.19. The Labute approximate surface area is 136 Å². The Morgan fingerprint density at radius 3 is 3.22 bits per heavy atom. The Morgan fingerprint density at radius 2 is 2.52 bits per heavy atom. The first-order valence-corrected chi connectivity index (χ1v) is 7.89. The van der Waals surface area contributed by atoms with Gasteiger partial charge in [-0.15, -0.1) is 0 Å². The van der Waals surface area contributed by atoms with Crippen molar-refractivity contribution in [1.29, 1.82) is 0 Å². The summed E-state index contributed by atoms with van der Waals surface area (Å²) in [5, 5.41) is 7.76. The number of hydrogen-bond acceptors (Lipinski definition) is 6. The van der Waals surface area contributed by atoms with E-state index < -0.39 is 0 Å². The molecule has 0 saturated carbocycles. The van der Waals surface area contributed by atoms with Crippen LogP contribution in [0.3, 0.4) is 0 Å².